The largest absolute Gasteiger partial charge is 0.573 e. The predicted octanol–water partition coefficient (Wildman–Crippen LogP) is 3.25. The van der Waals surface area contributed by atoms with Crippen molar-refractivity contribution < 1.29 is 22.7 Å². The van der Waals surface area contributed by atoms with Gasteiger partial charge in [-0.1, -0.05) is 12.1 Å². The number of nitrogens with two attached hydrogens (primary N) is 1. The Bertz CT molecular complexity index is 1030. The summed E-state index contributed by atoms with van der Waals surface area (Å²) in [6.07, 6.45) is -3.31. The third-order valence-electron chi connectivity index (χ3n) is 3.62. The lowest BCUT2D eigenvalue weighted by atomic mass is 10.1. The zero-order valence-corrected chi connectivity index (χ0v) is 15.6. The minimum absolute atomic E-state index is 0.318. The second-order valence-corrected chi connectivity index (χ2v) is 5.67. The summed E-state index contributed by atoms with van der Waals surface area (Å²) in [5, 5.41) is 7.22. The quantitative estimate of drug-likeness (QED) is 0.134. The van der Waals surface area contributed by atoms with Crippen molar-refractivity contribution in [3.05, 3.63) is 82.0 Å². The van der Waals surface area contributed by atoms with Crippen LogP contribution in [0.4, 0.5) is 19.1 Å². The summed E-state index contributed by atoms with van der Waals surface area (Å²) in [6.45, 7) is 0.410. The molecule has 0 radical (unpaired) electrons. The van der Waals surface area contributed by atoms with Gasteiger partial charge in [0, 0.05) is 12.1 Å². The first-order valence-corrected chi connectivity index (χ1v) is 8.36. The van der Waals surface area contributed by atoms with Crippen molar-refractivity contribution in [2.24, 2.45) is 5.84 Å². The van der Waals surface area contributed by atoms with Crippen LogP contribution in [-0.2, 0) is 6.54 Å². The van der Waals surface area contributed by atoms with Gasteiger partial charge in [0.1, 0.15) is 12.1 Å². The van der Waals surface area contributed by atoms with Gasteiger partial charge in [-0.3, -0.25) is 15.1 Å². The molecule has 11 nitrogen and oxygen atoms in total. The molecular formula is C17H15F3N9O2-. The van der Waals surface area contributed by atoms with Crippen LogP contribution < -0.4 is 21.3 Å². The summed E-state index contributed by atoms with van der Waals surface area (Å²) in [4.78, 5) is 17.0. The fourth-order valence-electron chi connectivity index (χ4n) is 2.31. The van der Waals surface area contributed by atoms with E-state index in [0.29, 0.717) is 23.7 Å². The van der Waals surface area contributed by atoms with Crippen molar-refractivity contribution in [3.63, 3.8) is 0 Å². The highest BCUT2D eigenvalue weighted by Gasteiger charge is 2.30. The second-order valence-electron chi connectivity index (χ2n) is 5.67. The first-order chi connectivity index (χ1) is 14.8. The standard InChI is InChI=1S/C17H15F3N6O2.N3/c18-17(19,20)28-14-7-5-13(6-8-14)26-10-23-16(25-26)22-9-11-1-3-12(4-2-11)15(27)24-21;1-3-2/h1-8,10H,9,21H2,(H,22,25)(H,24,27);/q;-1. The van der Waals surface area contributed by atoms with E-state index in [4.69, 9.17) is 16.9 Å². The lowest BCUT2D eigenvalue weighted by Gasteiger charge is -2.09. The van der Waals surface area contributed by atoms with Crippen LogP contribution in [0.3, 0.4) is 0 Å². The molecule has 0 aliphatic carbocycles. The first kappa shape index (κ1) is 23.0. The lowest BCUT2D eigenvalue weighted by molar-refractivity contribution is -0.274. The fourth-order valence-corrected chi connectivity index (χ4v) is 2.31. The summed E-state index contributed by atoms with van der Waals surface area (Å²) < 4.78 is 41.8. The number of hydrazine groups is 1. The van der Waals surface area contributed by atoms with Crippen molar-refractivity contribution >= 4 is 11.9 Å². The molecular weight excluding hydrogens is 419 g/mol. The van der Waals surface area contributed by atoms with Gasteiger partial charge in [0.15, 0.2) is 0 Å². The first-order valence-electron chi connectivity index (χ1n) is 8.36. The molecule has 31 heavy (non-hydrogen) atoms. The Labute approximate surface area is 173 Å². The highest BCUT2D eigenvalue weighted by atomic mass is 19.4. The van der Waals surface area contributed by atoms with Crippen LogP contribution in [0.15, 0.2) is 54.9 Å². The molecule has 2 aromatic carbocycles. The molecule has 0 atom stereocenters. The molecule has 14 heteroatoms. The van der Waals surface area contributed by atoms with Crippen molar-refractivity contribution in [3.8, 4) is 11.4 Å². The third kappa shape index (κ3) is 7.23. The molecule has 3 aromatic rings. The Morgan fingerprint density at radius 3 is 2.29 bits per heavy atom. The van der Waals surface area contributed by atoms with Gasteiger partial charge in [0.05, 0.1) is 5.69 Å². The smallest absolute Gasteiger partial charge is 0.406 e. The molecule has 0 unspecified atom stereocenters. The summed E-state index contributed by atoms with van der Waals surface area (Å²) in [7, 11) is 0. The van der Waals surface area contributed by atoms with E-state index in [1.54, 1.807) is 24.3 Å². The molecule has 162 valence electrons. The van der Waals surface area contributed by atoms with Gasteiger partial charge in [0.2, 0.25) is 5.95 Å². The minimum Gasteiger partial charge on any atom is -0.406 e. The number of alkyl halides is 3. The van der Waals surface area contributed by atoms with Gasteiger partial charge in [-0.15, -0.1) is 18.3 Å². The molecule has 1 amide bonds. The minimum atomic E-state index is -4.74. The van der Waals surface area contributed by atoms with Crippen molar-refractivity contribution in [2.75, 3.05) is 5.32 Å². The maximum atomic E-state index is 12.2. The number of amides is 1. The van der Waals surface area contributed by atoms with E-state index in [0.717, 1.165) is 5.56 Å². The summed E-state index contributed by atoms with van der Waals surface area (Å²) in [6, 6.07) is 12.0. The summed E-state index contributed by atoms with van der Waals surface area (Å²) in [5.74, 6) is 4.71. The molecule has 0 saturated carbocycles. The number of carbonyl (C=O) groups excluding carboxylic acids is 1. The van der Waals surface area contributed by atoms with E-state index >= 15 is 0 Å². The van der Waals surface area contributed by atoms with E-state index in [1.807, 2.05) is 0 Å². The average molecular weight is 434 g/mol. The maximum absolute atomic E-state index is 12.2. The van der Waals surface area contributed by atoms with Crippen molar-refractivity contribution in [1.29, 1.82) is 0 Å². The number of benzene rings is 2. The number of anilines is 1. The van der Waals surface area contributed by atoms with Gasteiger partial charge >= 0.3 is 6.36 Å². The Kier molecular flexibility index (Phi) is 7.77. The van der Waals surface area contributed by atoms with Gasteiger partial charge < -0.3 is 21.1 Å². The number of hydrogen-bond donors (Lipinski definition) is 3. The molecule has 0 spiro atoms. The lowest BCUT2D eigenvalue weighted by Crippen LogP contribution is -2.29. The Morgan fingerprint density at radius 2 is 1.74 bits per heavy atom. The van der Waals surface area contributed by atoms with Gasteiger partial charge in [-0.05, 0) is 42.0 Å². The van der Waals surface area contributed by atoms with Crippen LogP contribution in [0.5, 0.6) is 5.75 Å². The molecule has 0 bridgehead atoms. The number of aromatic nitrogens is 3. The maximum Gasteiger partial charge on any atom is 0.573 e. The van der Waals surface area contributed by atoms with E-state index in [9.17, 15) is 18.0 Å². The Morgan fingerprint density at radius 1 is 1.13 bits per heavy atom. The molecule has 0 aliphatic heterocycles. The number of halogens is 3. The van der Waals surface area contributed by atoms with Crippen LogP contribution in [-0.4, -0.2) is 27.0 Å². The number of nitrogens with zero attached hydrogens (tertiary/aromatic N) is 6. The van der Waals surface area contributed by atoms with Crippen LogP contribution in [0.2, 0.25) is 0 Å². The number of nitrogen functional groups attached to an aromatic ring is 1. The fraction of sp³-hybridized carbons (Fsp3) is 0.118. The van der Waals surface area contributed by atoms with Crippen LogP contribution in [0, 0.1) is 0 Å². The van der Waals surface area contributed by atoms with E-state index in [-0.39, 0.29) is 11.7 Å². The monoisotopic (exact) mass is 434 g/mol. The van der Waals surface area contributed by atoms with E-state index in [2.05, 4.69) is 25.6 Å². The van der Waals surface area contributed by atoms with Crippen LogP contribution in [0.25, 0.3) is 21.7 Å². The number of ether oxygens (including phenoxy) is 1. The number of hydrogen-bond acceptors (Lipinski definition) is 6. The summed E-state index contributed by atoms with van der Waals surface area (Å²) >= 11 is 0. The Hall–Kier alpha value is -4.29. The van der Waals surface area contributed by atoms with Gasteiger partial charge in [0.25, 0.3) is 5.91 Å². The molecule has 1 aromatic heterocycles. The highest BCUT2D eigenvalue weighted by molar-refractivity contribution is 5.93. The van der Waals surface area contributed by atoms with Crippen molar-refractivity contribution in [2.45, 2.75) is 12.9 Å². The van der Waals surface area contributed by atoms with E-state index in [1.165, 1.54) is 40.2 Å². The number of nitrogens with one attached hydrogen (secondary N) is 2. The predicted molar refractivity (Wildman–Crippen MR) is 104 cm³/mol. The van der Waals surface area contributed by atoms with Crippen molar-refractivity contribution in [1.82, 2.24) is 20.2 Å². The molecule has 4 N–H and O–H groups in total. The average Bonchev–Trinajstić information content (AvgIpc) is 3.21. The molecule has 0 saturated heterocycles. The molecule has 0 fully saturated rings. The zero-order valence-electron chi connectivity index (χ0n) is 15.6. The Balaban J connectivity index is 0.00000107. The van der Waals surface area contributed by atoms with Gasteiger partial charge in [-0.2, -0.15) is 0 Å². The normalized spacial score (nSPS) is 10.3. The van der Waals surface area contributed by atoms with Crippen LogP contribution in [0.1, 0.15) is 15.9 Å². The van der Waals surface area contributed by atoms with E-state index < -0.39 is 6.36 Å². The number of carbonyl (C=O) groups is 1. The van der Waals surface area contributed by atoms with Gasteiger partial charge in [-0.25, -0.2) is 15.5 Å². The number of rotatable bonds is 6. The molecule has 3 rings (SSSR count). The van der Waals surface area contributed by atoms with Crippen LogP contribution >= 0.6 is 0 Å². The highest BCUT2D eigenvalue weighted by Crippen LogP contribution is 2.23. The summed E-state index contributed by atoms with van der Waals surface area (Å²) in [5.41, 5.74) is 17.4. The topological polar surface area (TPSA) is 166 Å². The molecule has 0 aliphatic rings. The SMILES string of the molecule is NNC(=O)c1ccc(CNc2ncn(-c3ccc(OC(F)(F)F)cc3)n2)cc1.[N-]=[N+]=[N-]. The zero-order chi connectivity index (χ0) is 22.9. The second kappa shape index (κ2) is 10.5. The third-order valence-corrected chi connectivity index (χ3v) is 3.62. The molecule has 1 heterocycles.